The van der Waals surface area contributed by atoms with Gasteiger partial charge in [0, 0.05) is 19.6 Å². The van der Waals surface area contributed by atoms with Crippen LogP contribution in [0, 0.1) is 23.3 Å². The van der Waals surface area contributed by atoms with Gasteiger partial charge in [0.1, 0.15) is 5.60 Å². The minimum Gasteiger partial charge on any atom is -0.385 e. The van der Waals surface area contributed by atoms with Crippen LogP contribution in [0.5, 0.6) is 0 Å². The Morgan fingerprint density at radius 2 is 2.05 bits per heavy atom. The first kappa shape index (κ1) is 15.7. The molecule has 8 heteroatoms. The molecule has 0 saturated carbocycles. The summed E-state index contributed by atoms with van der Waals surface area (Å²) in [6.07, 6.45) is -0.298. The number of benzene rings is 1. The van der Waals surface area contributed by atoms with Gasteiger partial charge in [0.2, 0.25) is 0 Å². The summed E-state index contributed by atoms with van der Waals surface area (Å²) in [5.74, 6) is -8.65. The molecule has 0 aliphatic carbocycles. The van der Waals surface area contributed by atoms with Crippen LogP contribution in [0.2, 0.25) is 0 Å². The second-order valence-electron chi connectivity index (χ2n) is 4.90. The molecule has 1 amide bonds. The van der Waals surface area contributed by atoms with Gasteiger partial charge in [-0.15, -0.1) is 0 Å². The first-order chi connectivity index (χ1) is 9.76. The number of rotatable bonds is 3. The normalized spacial score (nSPS) is 25.1. The molecule has 1 aliphatic heterocycles. The number of hydrogen-bond donors (Lipinski definition) is 2. The highest BCUT2D eigenvalue weighted by Crippen LogP contribution is 2.25. The van der Waals surface area contributed by atoms with E-state index in [2.05, 4.69) is 5.32 Å². The molecule has 1 fully saturated rings. The van der Waals surface area contributed by atoms with Crippen molar-refractivity contribution in [1.29, 1.82) is 0 Å². The number of ether oxygens (including phenoxy) is 1. The molecule has 1 heterocycles. The number of nitrogens with one attached hydrogen (secondary N) is 1. The first-order valence-corrected chi connectivity index (χ1v) is 6.21. The Morgan fingerprint density at radius 1 is 1.38 bits per heavy atom. The van der Waals surface area contributed by atoms with Gasteiger partial charge in [-0.25, -0.2) is 17.6 Å². The number of hydrogen-bond acceptors (Lipinski definition) is 3. The fourth-order valence-corrected chi connectivity index (χ4v) is 2.07. The molecule has 2 N–H and O–H groups in total. The summed E-state index contributed by atoms with van der Waals surface area (Å²) in [5, 5.41) is 12.3. The topological polar surface area (TPSA) is 58.6 Å². The second kappa shape index (κ2) is 5.61. The van der Waals surface area contributed by atoms with E-state index in [9.17, 15) is 27.5 Å². The molecule has 1 saturated heterocycles. The predicted octanol–water partition coefficient (Wildman–Crippen LogP) is 1.51. The summed E-state index contributed by atoms with van der Waals surface area (Å²) >= 11 is 0. The number of carbonyl (C=O) groups excluding carboxylic acids is 1. The van der Waals surface area contributed by atoms with Gasteiger partial charge in [-0.05, 0) is 13.0 Å². The highest BCUT2D eigenvalue weighted by Gasteiger charge is 2.40. The zero-order valence-electron chi connectivity index (χ0n) is 11.1. The fraction of sp³-hybridized carbons (Fsp3) is 0.462. The van der Waals surface area contributed by atoms with Crippen molar-refractivity contribution >= 4 is 5.91 Å². The Morgan fingerprint density at radius 3 is 2.62 bits per heavy atom. The van der Waals surface area contributed by atoms with Crippen LogP contribution < -0.4 is 5.32 Å². The lowest BCUT2D eigenvalue weighted by Gasteiger charge is -2.26. The molecular weight excluding hydrogens is 294 g/mol. The van der Waals surface area contributed by atoms with Gasteiger partial charge in [0.05, 0.1) is 11.7 Å². The van der Waals surface area contributed by atoms with Gasteiger partial charge in [0.25, 0.3) is 5.91 Å². The summed E-state index contributed by atoms with van der Waals surface area (Å²) in [6.45, 7) is 1.60. The average Bonchev–Trinajstić information content (AvgIpc) is 2.78. The van der Waals surface area contributed by atoms with Crippen molar-refractivity contribution in [2.24, 2.45) is 0 Å². The molecule has 2 atom stereocenters. The summed E-state index contributed by atoms with van der Waals surface area (Å²) in [4.78, 5) is 11.7. The lowest BCUT2D eigenvalue weighted by Crippen LogP contribution is -2.47. The van der Waals surface area contributed by atoms with E-state index in [1.165, 1.54) is 0 Å². The molecule has 4 nitrogen and oxygen atoms in total. The van der Waals surface area contributed by atoms with Crippen molar-refractivity contribution in [3.63, 3.8) is 0 Å². The van der Waals surface area contributed by atoms with Crippen molar-refractivity contribution in [1.82, 2.24) is 5.32 Å². The van der Waals surface area contributed by atoms with Gasteiger partial charge in [-0.1, -0.05) is 0 Å². The molecule has 1 aromatic carbocycles. The molecule has 116 valence electrons. The van der Waals surface area contributed by atoms with Gasteiger partial charge < -0.3 is 15.2 Å². The summed E-state index contributed by atoms with van der Waals surface area (Å²) in [7, 11) is 0. The SMILES string of the molecule is CC1OCCC1(O)CNC(=O)c1cc(F)c(F)c(F)c1F. The standard InChI is InChI=1S/C13H13F4NO3/c1-6-13(20,2-3-21-6)5-18-12(19)7-4-8(14)10(16)11(17)9(7)15/h4,6,20H,2-3,5H2,1H3,(H,18,19). The Balaban J connectivity index is 2.15. The molecule has 1 aromatic rings. The van der Waals surface area contributed by atoms with E-state index in [4.69, 9.17) is 4.74 Å². The zero-order chi connectivity index (χ0) is 15.8. The smallest absolute Gasteiger partial charge is 0.254 e. The van der Waals surface area contributed by atoms with Crippen LogP contribution in [-0.4, -0.2) is 35.9 Å². The monoisotopic (exact) mass is 307 g/mol. The minimum atomic E-state index is -2.06. The summed E-state index contributed by atoms with van der Waals surface area (Å²) in [5.41, 5.74) is -2.31. The van der Waals surface area contributed by atoms with Crippen LogP contribution in [0.1, 0.15) is 23.7 Å². The molecule has 0 spiro atoms. The number of carbonyl (C=O) groups is 1. The van der Waals surface area contributed by atoms with E-state index in [-0.39, 0.29) is 19.0 Å². The Bertz CT molecular complexity index is 581. The van der Waals surface area contributed by atoms with Gasteiger partial charge in [-0.3, -0.25) is 4.79 Å². The lowest BCUT2D eigenvalue weighted by atomic mass is 9.96. The minimum absolute atomic E-state index is 0.253. The molecule has 0 bridgehead atoms. The van der Waals surface area contributed by atoms with E-state index in [1.807, 2.05) is 0 Å². The maximum Gasteiger partial charge on any atom is 0.254 e. The molecule has 2 unspecified atom stereocenters. The van der Waals surface area contributed by atoms with Crippen LogP contribution in [0.3, 0.4) is 0 Å². The fourth-order valence-electron chi connectivity index (χ4n) is 2.07. The third-order valence-corrected chi connectivity index (χ3v) is 3.56. The van der Waals surface area contributed by atoms with Crippen molar-refractivity contribution in [2.45, 2.75) is 25.0 Å². The Labute approximate surface area is 117 Å². The van der Waals surface area contributed by atoms with Crippen molar-refractivity contribution < 1.29 is 32.2 Å². The van der Waals surface area contributed by atoms with Crippen molar-refractivity contribution in [3.05, 3.63) is 34.9 Å². The van der Waals surface area contributed by atoms with E-state index in [0.29, 0.717) is 6.61 Å². The van der Waals surface area contributed by atoms with E-state index >= 15 is 0 Å². The molecular formula is C13H13F4NO3. The molecule has 0 radical (unpaired) electrons. The van der Waals surface area contributed by atoms with Gasteiger partial charge >= 0.3 is 0 Å². The van der Waals surface area contributed by atoms with E-state index < -0.39 is 46.4 Å². The van der Waals surface area contributed by atoms with Gasteiger partial charge in [0.15, 0.2) is 23.3 Å². The third-order valence-electron chi connectivity index (χ3n) is 3.56. The highest BCUT2D eigenvalue weighted by atomic mass is 19.2. The third kappa shape index (κ3) is 2.86. The number of aliphatic hydroxyl groups is 1. The average molecular weight is 307 g/mol. The van der Waals surface area contributed by atoms with Crippen molar-refractivity contribution in [3.8, 4) is 0 Å². The first-order valence-electron chi connectivity index (χ1n) is 6.21. The van der Waals surface area contributed by atoms with E-state index in [0.717, 1.165) is 0 Å². The Kier molecular flexibility index (Phi) is 4.20. The van der Waals surface area contributed by atoms with Crippen LogP contribution in [0.25, 0.3) is 0 Å². The van der Waals surface area contributed by atoms with Gasteiger partial charge in [-0.2, -0.15) is 0 Å². The lowest BCUT2D eigenvalue weighted by molar-refractivity contribution is -0.0252. The largest absolute Gasteiger partial charge is 0.385 e. The van der Waals surface area contributed by atoms with Crippen LogP contribution in [0.4, 0.5) is 17.6 Å². The Hall–Kier alpha value is -1.67. The zero-order valence-corrected chi connectivity index (χ0v) is 11.1. The molecule has 2 rings (SSSR count). The number of halogens is 4. The molecule has 0 aromatic heterocycles. The van der Waals surface area contributed by atoms with E-state index in [1.54, 1.807) is 6.92 Å². The summed E-state index contributed by atoms with van der Waals surface area (Å²) in [6, 6.07) is 0.266. The van der Waals surface area contributed by atoms with Crippen molar-refractivity contribution in [2.75, 3.05) is 13.2 Å². The second-order valence-corrected chi connectivity index (χ2v) is 4.90. The van der Waals surface area contributed by atoms with Crippen LogP contribution in [0.15, 0.2) is 6.07 Å². The van der Waals surface area contributed by atoms with Crippen LogP contribution >= 0.6 is 0 Å². The van der Waals surface area contributed by atoms with Crippen LogP contribution in [-0.2, 0) is 4.74 Å². The maximum absolute atomic E-state index is 13.4. The molecule has 21 heavy (non-hydrogen) atoms. The number of amides is 1. The predicted molar refractivity (Wildman–Crippen MR) is 63.6 cm³/mol. The quantitative estimate of drug-likeness (QED) is 0.506. The highest BCUT2D eigenvalue weighted by molar-refractivity contribution is 5.94. The molecule has 1 aliphatic rings. The maximum atomic E-state index is 13.4. The summed E-state index contributed by atoms with van der Waals surface area (Å²) < 4.78 is 57.5.